The summed E-state index contributed by atoms with van der Waals surface area (Å²) < 4.78 is 4.95. The lowest BCUT2D eigenvalue weighted by Gasteiger charge is -2.38. The average molecular weight is 214 g/mol. The zero-order valence-electron chi connectivity index (χ0n) is 10.0. The Labute approximate surface area is 91.8 Å². The Morgan fingerprint density at radius 1 is 1.40 bits per heavy atom. The lowest BCUT2D eigenvalue weighted by molar-refractivity contribution is -0.159. The van der Waals surface area contributed by atoms with Crippen LogP contribution in [0.2, 0.25) is 0 Å². The summed E-state index contributed by atoms with van der Waals surface area (Å²) in [6, 6.07) is 0. The van der Waals surface area contributed by atoms with Crippen molar-refractivity contribution in [1.82, 2.24) is 0 Å². The third-order valence-corrected chi connectivity index (χ3v) is 4.04. The molecule has 0 bridgehead atoms. The second kappa shape index (κ2) is 4.52. The molecule has 0 aromatic heterocycles. The van der Waals surface area contributed by atoms with Gasteiger partial charge in [0.25, 0.3) is 0 Å². The van der Waals surface area contributed by atoms with Gasteiger partial charge in [0, 0.05) is 6.61 Å². The van der Waals surface area contributed by atoms with Crippen molar-refractivity contribution in [2.75, 3.05) is 13.7 Å². The van der Waals surface area contributed by atoms with E-state index in [1.54, 1.807) is 0 Å². The van der Waals surface area contributed by atoms with Crippen LogP contribution < -0.4 is 0 Å². The second-order valence-electron chi connectivity index (χ2n) is 5.14. The molecule has 0 spiro atoms. The molecule has 0 heterocycles. The second-order valence-corrected chi connectivity index (χ2v) is 5.14. The van der Waals surface area contributed by atoms with Gasteiger partial charge in [-0.1, -0.05) is 20.3 Å². The highest BCUT2D eigenvalue weighted by molar-refractivity contribution is 5.78. The first kappa shape index (κ1) is 12.5. The van der Waals surface area contributed by atoms with E-state index in [-0.39, 0.29) is 23.4 Å². The van der Waals surface area contributed by atoms with E-state index in [4.69, 9.17) is 9.84 Å². The molecule has 0 amide bonds. The third kappa shape index (κ3) is 2.03. The summed E-state index contributed by atoms with van der Waals surface area (Å²) in [5.74, 6) is -0.0987. The summed E-state index contributed by atoms with van der Waals surface area (Å²) in [6.45, 7) is 4.41. The van der Waals surface area contributed by atoms with E-state index < -0.39 is 0 Å². The van der Waals surface area contributed by atoms with Gasteiger partial charge in [-0.3, -0.25) is 4.79 Å². The van der Waals surface area contributed by atoms with Gasteiger partial charge < -0.3 is 9.84 Å². The number of rotatable bonds is 4. The molecule has 1 saturated carbocycles. The molecule has 0 aromatic carbocycles. The van der Waals surface area contributed by atoms with Crippen molar-refractivity contribution < 1.29 is 14.6 Å². The zero-order valence-corrected chi connectivity index (χ0v) is 10.0. The van der Waals surface area contributed by atoms with Crippen molar-refractivity contribution in [3.8, 4) is 0 Å². The molecule has 0 radical (unpaired) electrons. The van der Waals surface area contributed by atoms with Crippen molar-refractivity contribution in [1.29, 1.82) is 0 Å². The summed E-state index contributed by atoms with van der Waals surface area (Å²) in [5, 5.41) is 8.91. The van der Waals surface area contributed by atoms with E-state index in [0.717, 1.165) is 25.7 Å². The molecule has 1 aliphatic carbocycles. The Morgan fingerprint density at radius 2 is 2.07 bits per heavy atom. The minimum absolute atomic E-state index is 0.00470. The van der Waals surface area contributed by atoms with E-state index in [1.807, 2.05) is 0 Å². The number of carbonyl (C=O) groups excluding carboxylic acids is 1. The predicted octanol–water partition coefficient (Wildman–Crippen LogP) is 2.13. The van der Waals surface area contributed by atoms with Crippen molar-refractivity contribution in [3.63, 3.8) is 0 Å². The van der Waals surface area contributed by atoms with Gasteiger partial charge in [-0.15, -0.1) is 0 Å². The van der Waals surface area contributed by atoms with Crippen LogP contribution in [0.1, 0.15) is 46.0 Å². The van der Waals surface area contributed by atoms with Gasteiger partial charge in [-0.2, -0.15) is 0 Å². The van der Waals surface area contributed by atoms with Crippen LogP contribution in [-0.2, 0) is 9.53 Å². The third-order valence-electron chi connectivity index (χ3n) is 4.04. The van der Waals surface area contributed by atoms with Crippen LogP contribution in [0.5, 0.6) is 0 Å². The van der Waals surface area contributed by atoms with Crippen LogP contribution in [0.25, 0.3) is 0 Å². The molecule has 1 rings (SSSR count). The number of esters is 1. The van der Waals surface area contributed by atoms with E-state index in [9.17, 15) is 4.79 Å². The fraction of sp³-hybridized carbons (Fsp3) is 0.917. The van der Waals surface area contributed by atoms with Crippen LogP contribution in [0.3, 0.4) is 0 Å². The standard InChI is InChI=1S/C12H22O3/c1-11(2)6-4-7-12(11,8-5-9-13)10(14)15-3/h13H,4-9H2,1-3H3. The van der Waals surface area contributed by atoms with E-state index in [1.165, 1.54) is 7.11 Å². The number of aliphatic hydroxyl groups is 1. The van der Waals surface area contributed by atoms with Crippen LogP contribution in [-0.4, -0.2) is 24.8 Å². The summed E-state index contributed by atoms with van der Waals surface area (Å²) in [6.07, 6.45) is 4.45. The molecule has 88 valence electrons. The molecule has 0 aromatic rings. The fourth-order valence-electron chi connectivity index (χ4n) is 2.93. The number of carbonyl (C=O) groups is 1. The zero-order chi connectivity index (χ0) is 11.5. The number of hydrogen-bond acceptors (Lipinski definition) is 3. The predicted molar refractivity (Wildman–Crippen MR) is 58.4 cm³/mol. The molecule has 1 N–H and O–H groups in total. The molecule has 1 unspecified atom stereocenters. The van der Waals surface area contributed by atoms with Gasteiger partial charge in [0.2, 0.25) is 0 Å². The van der Waals surface area contributed by atoms with Crippen molar-refractivity contribution in [2.45, 2.75) is 46.0 Å². The maximum Gasteiger partial charge on any atom is 0.312 e. The van der Waals surface area contributed by atoms with Crippen LogP contribution in [0.4, 0.5) is 0 Å². The molecular formula is C12H22O3. The fourth-order valence-corrected chi connectivity index (χ4v) is 2.93. The van der Waals surface area contributed by atoms with Crippen molar-refractivity contribution >= 4 is 5.97 Å². The normalized spacial score (nSPS) is 29.1. The molecule has 1 atom stereocenters. The van der Waals surface area contributed by atoms with Crippen LogP contribution >= 0.6 is 0 Å². The Hall–Kier alpha value is -0.570. The van der Waals surface area contributed by atoms with Gasteiger partial charge in [-0.05, 0) is 31.1 Å². The molecule has 0 saturated heterocycles. The lowest BCUT2D eigenvalue weighted by Crippen LogP contribution is -2.41. The maximum absolute atomic E-state index is 12.0. The van der Waals surface area contributed by atoms with Crippen LogP contribution in [0.15, 0.2) is 0 Å². The molecule has 1 aliphatic rings. The Kier molecular flexibility index (Phi) is 3.77. The van der Waals surface area contributed by atoms with Gasteiger partial charge in [0.05, 0.1) is 12.5 Å². The molecule has 1 fully saturated rings. The van der Waals surface area contributed by atoms with E-state index in [0.29, 0.717) is 6.42 Å². The highest BCUT2D eigenvalue weighted by Gasteiger charge is 2.54. The Balaban J connectivity index is 2.90. The highest BCUT2D eigenvalue weighted by Crippen LogP contribution is 2.55. The van der Waals surface area contributed by atoms with E-state index >= 15 is 0 Å². The lowest BCUT2D eigenvalue weighted by atomic mass is 9.65. The molecular weight excluding hydrogens is 192 g/mol. The highest BCUT2D eigenvalue weighted by atomic mass is 16.5. The average Bonchev–Trinajstić information content (AvgIpc) is 2.50. The summed E-state index contributed by atoms with van der Waals surface area (Å²) in [5.41, 5.74) is -0.375. The number of ether oxygens (including phenoxy) is 1. The van der Waals surface area contributed by atoms with Gasteiger partial charge in [0.1, 0.15) is 0 Å². The van der Waals surface area contributed by atoms with Gasteiger partial charge in [-0.25, -0.2) is 0 Å². The topological polar surface area (TPSA) is 46.5 Å². The molecule has 3 nitrogen and oxygen atoms in total. The first-order chi connectivity index (χ1) is 7.00. The first-order valence-corrected chi connectivity index (χ1v) is 5.69. The summed E-state index contributed by atoms with van der Waals surface area (Å²) in [4.78, 5) is 12.0. The minimum Gasteiger partial charge on any atom is -0.469 e. The van der Waals surface area contributed by atoms with Gasteiger partial charge in [0.15, 0.2) is 0 Å². The summed E-state index contributed by atoms with van der Waals surface area (Å²) >= 11 is 0. The number of aliphatic hydroxyl groups excluding tert-OH is 1. The Morgan fingerprint density at radius 3 is 2.47 bits per heavy atom. The SMILES string of the molecule is COC(=O)C1(CCCO)CCCC1(C)C. The van der Waals surface area contributed by atoms with Gasteiger partial charge >= 0.3 is 5.97 Å². The smallest absolute Gasteiger partial charge is 0.312 e. The molecule has 0 aliphatic heterocycles. The largest absolute Gasteiger partial charge is 0.469 e. The number of methoxy groups -OCH3 is 1. The van der Waals surface area contributed by atoms with Crippen molar-refractivity contribution in [2.24, 2.45) is 10.8 Å². The summed E-state index contributed by atoms with van der Waals surface area (Å²) in [7, 11) is 1.46. The van der Waals surface area contributed by atoms with Crippen LogP contribution in [0, 0.1) is 10.8 Å². The first-order valence-electron chi connectivity index (χ1n) is 5.69. The molecule has 15 heavy (non-hydrogen) atoms. The Bertz CT molecular complexity index is 235. The minimum atomic E-state index is -0.371. The molecule has 3 heteroatoms. The number of hydrogen-bond donors (Lipinski definition) is 1. The van der Waals surface area contributed by atoms with E-state index in [2.05, 4.69) is 13.8 Å². The quantitative estimate of drug-likeness (QED) is 0.729. The monoisotopic (exact) mass is 214 g/mol. The maximum atomic E-state index is 12.0. The van der Waals surface area contributed by atoms with Crippen molar-refractivity contribution in [3.05, 3.63) is 0 Å².